The molecule has 0 spiro atoms. The number of carbonyl (C=O) groups is 1. The maximum absolute atomic E-state index is 13.0. The summed E-state index contributed by atoms with van der Waals surface area (Å²) in [6, 6.07) is 7.58. The van der Waals surface area contributed by atoms with Crippen molar-refractivity contribution in [1.82, 2.24) is 0 Å². The van der Waals surface area contributed by atoms with Gasteiger partial charge in [-0.05, 0) is 11.1 Å². The molecule has 1 atom stereocenters. The minimum Gasteiger partial charge on any atom is -0.375 e. The molecule has 3 nitrogen and oxygen atoms in total. The summed E-state index contributed by atoms with van der Waals surface area (Å²) in [6.07, 6.45) is 1.86. The van der Waals surface area contributed by atoms with Crippen LogP contribution in [-0.4, -0.2) is 19.2 Å². The number of benzene rings is 1. The Hall–Kier alpha value is -1.39. The van der Waals surface area contributed by atoms with Crippen molar-refractivity contribution >= 4 is 19.8 Å². The number of nitrogens with zero attached hydrogens (tertiary/aromatic N) is 1. The van der Waals surface area contributed by atoms with Crippen molar-refractivity contribution in [1.29, 1.82) is 0 Å². The predicted molar refractivity (Wildman–Crippen MR) is 89.8 cm³/mol. The summed E-state index contributed by atoms with van der Waals surface area (Å²) in [5.41, 5.74) is 0.103. The molecule has 0 saturated heterocycles. The van der Waals surface area contributed by atoms with Crippen LogP contribution in [0.1, 0.15) is 32.8 Å². The molecule has 0 bridgehead atoms. The number of fused-ring (bicyclic) bond motifs is 1. The molecular formula is C17H25NO2Si. The lowest BCUT2D eigenvalue weighted by Crippen LogP contribution is -2.59. The molecule has 1 aromatic carbocycles. The molecule has 0 radical (unpaired) electrons. The normalized spacial score (nSPS) is 22.4. The predicted octanol–water partition coefficient (Wildman–Crippen LogP) is 3.80. The van der Waals surface area contributed by atoms with Gasteiger partial charge >= 0.3 is 0 Å². The van der Waals surface area contributed by atoms with E-state index in [1.807, 2.05) is 28.8 Å². The van der Waals surface area contributed by atoms with Gasteiger partial charge in [-0.25, -0.2) is 0 Å². The van der Waals surface area contributed by atoms with Gasteiger partial charge in [-0.15, -0.1) is 6.58 Å². The van der Waals surface area contributed by atoms with Gasteiger partial charge in [0, 0.05) is 17.7 Å². The maximum atomic E-state index is 13.0. The first kappa shape index (κ1) is 16.0. The van der Waals surface area contributed by atoms with Crippen LogP contribution in [0.25, 0.3) is 0 Å². The second-order valence-corrected chi connectivity index (χ2v) is 12.4. The van der Waals surface area contributed by atoms with Gasteiger partial charge in [-0.2, -0.15) is 0 Å². The minimum atomic E-state index is -2.11. The van der Waals surface area contributed by atoms with E-state index in [1.165, 1.54) is 0 Å². The number of amides is 1. The van der Waals surface area contributed by atoms with Crippen molar-refractivity contribution in [2.75, 3.05) is 4.57 Å². The van der Waals surface area contributed by atoms with Gasteiger partial charge in [-0.1, -0.05) is 58.1 Å². The summed E-state index contributed by atoms with van der Waals surface area (Å²) < 4.78 is 1.89. The Morgan fingerprint density at radius 3 is 2.43 bits per heavy atom. The second-order valence-electron chi connectivity index (χ2n) is 7.32. The number of carbonyl (C=O) groups excluding carboxylic acids is 1. The molecule has 21 heavy (non-hydrogen) atoms. The highest BCUT2D eigenvalue weighted by Gasteiger charge is 2.56. The van der Waals surface area contributed by atoms with Crippen LogP contribution < -0.4 is 4.57 Å². The van der Waals surface area contributed by atoms with Crippen molar-refractivity contribution in [3.8, 4) is 0 Å². The lowest BCUT2D eigenvalue weighted by molar-refractivity contribution is -0.134. The Morgan fingerprint density at radius 2 is 1.90 bits per heavy atom. The highest BCUT2D eigenvalue weighted by Crippen LogP contribution is 2.49. The molecule has 0 aromatic heterocycles. The first-order valence-electron chi connectivity index (χ1n) is 7.35. The van der Waals surface area contributed by atoms with Gasteiger partial charge in [0.15, 0.2) is 13.8 Å². The van der Waals surface area contributed by atoms with Gasteiger partial charge in [0.25, 0.3) is 5.91 Å². The summed E-state index contributed by atoms with van der Waals surface area (Å²) >= 11 is 0. The fourth-order valence-electron chi connectivity index (χ4n) is 2.72. The summed E-state index contributed by atoms with van der Waals surface area (Å²) in [5.74, 6) is -0.199. The van der Waals surface area contributed by atoms with Crippen LogP contribution in [-0.2, 0) is 10.4 Å². The monoisotopic (exact) mass is 303 g/mol. The molecule has 1 aromatic rings. The van der Waals surface area contributed by atoms with Gasteiger partial charge < -0.3 is 9.67 Å². The van der Waals surface area contributed by atoms with Crippen molar-refractivity contribution < 1.29 is 9.90 Å². The molecule has 1 unspecified atom stereocenters. The fraction of sp³-hybridized carbons (Fsp3) is 0.471. The van der Waals surface area contributed by atoms with Crippen molar-refractivity contribution in [2.24, 2.45) is 0 Å². The Kier molecular flexibility index (Phi) is 3.67. The second kappa shape index (κ2) is 4.82. The maximum Gasteiger partial charge on any atom is 0.256 e. The van der Waals surface area contributed by atoms with Crippen LogP contribution >= 0.6 is 0 Å². The Balaban J connectivity index is 2.66. The van der Waals surface area contributed by atoms with Gasteiger partial charge in [0.2, 0.25) is 0 Å². The third-order valence-electron chi connectivity index (χ3n) is 4.98. The Bertz CT molecular complexity index is 589. The van der Waals surface area contributed by atoms with Crippen LogP contribution in [0.15, 0.2) is 36.9 Å². The molecule has 114 valence electrons. The fourth-order valence-corrected chi connectivity index (χ4v) is 4.89. The van der Waals surface area contributed by atoms with Crippen LogP contribution in [0.2, 0.25) is 18.1 Å². The lowest BCUT2D eigenvalue weighted by atomic mass is 9.92. The zero-order chi connectivity index (χ0) is 16.1. The van der Waals surface area contributed by atoms with E-state index in [4.69, 9.17) is 0 Å². The average Bonchev–Trinajstić information content (AvgIpc) is 2.59. The molecule has 1 aliphatic heterocycles. The van der Waals surface area contributed by atoms with Crippen LogP contribution in [0.4, 0.5) is 5.69 Å². The SMILES string of the molecule is C=CCC1(O)C(=O)N([Si](C)(C)C(C)(C)C)c2ccccc21. The molecule has 0 saturated carbocycles. The zero-order valence-electron chi connectivity index (χ0n) is 13.6. The first-order chi connectivity index (χ1) is 9.57. The van der Waals surface area contributed by atoms with E-state index in [2.05, 4.69) is 40.4 Å². The van der Waals surface area contributed by atoms with Gasteiger partial charge in [0.1, 0.15) is 0 Å². The summed E-state index contributed by atoms with van der Waals surface area (Å²) in [4.78, 5) is 13.0. The van der Waals surface area contributed by atoms with Crippen molar-refractivity contribution in [3.63, 3.8) is 0 Å². The first-order valence-corrected chi connectivity index (χ1v) is 10.3. The molecule has 1 N–H and O–H groups in total. The quantitative estimate of drug-likeness (QED) is 0.681. The summed E-state index contributed by atoms with van der Waals surface area (Å²) in [5, 5.41) is 11.0. The number of hydrogen-bond donors (Lipinski definition) is 1. The minimum absolute atomic E-state index is 0.00913. The van der Waals surface area contributed by atoms with E-state index < -0.39 is 13.8 Å². The topological polar surface area (TPSA) is 40.5 Å². The molecule has 0 fully saturated rings. The van der Waals surface area contributed by atoms with Crippen molar-refractivity contribution in [3.05, 3.63) is 42.5 Å². The Morgan fingerprint density at radius 1 is 1.33 bits per heavy atom. The van der Waals surface area contributed by atoms with Gasteiger partial charge in [-0.3, -0.25) is 4.79 Å². The highest BCUT2D eigenvalue weighted by atomic mass is 28.3. The number of anilines is 1. The smallest absolute Gasteiger partial charge is 0.256 e. The number of aliphatic hydroxyl groups is 1. The van der Waals surface area contributed by atoms with Crippen LogP contribution in [0, 0.1) is 0 Å². The van der Waals surface area contributed by atoms with Crippen LogP contribution in [0.3, 0.4) is 0 Å². The van der Waals surface area contributed by atoms with E-state index in [0.29, 0.717) is 5.56 Å². The molecule has 4 heteroatoms. The van der Waals surface area contributed by atoms with Crippen molar-refractivity contribution in [2.45, 2.75) is 50.9 Å². The summed E-state index contributed by atoms with van der Waals surface area (Å²) in [7, 11) is -2.11. The molecule has 1 heterocycles. The van der Waals surface area contributed by atoms with Gasteiger partial charge in [0.05, 0.1) is 0 Å². The molecule has 1 amide bonds. The third-order valence-corrected chi connectivity index (χ3v) is 10.2. The van der Waals surface area contributed by atoms with E-state index in [1.54, 1.807) is 6.08 Å². The van der Waals surface area contributed by atoms with E-state index >= 15 is 0 Å². The molecule has 0 aliphatic carbocycles. The van der Waals surface area contributed by atoms with E-state index in [-0.39, 0.29) is 17.4 Å². The zero-order valence-corrected chi connectivity index (χ0v) is 14.6. The largest absolute Gasteiger partial charge is 0.375 e. The lowest BCUT2D eigenvalue weighted by Gasteiger charge is -2.44. The standard InChI is InChI=1S/C17H25NO2Si/c1-7-12-17(20)13-10-8-9-11-14(13)18(15(17)19)21(5,6)16(2,3)4/h7-11,20H,1,12H2,2-6H3. The van der Waals surface area contributed by atoms with E-state index in [0.717, 1.165) is 5.69 Å². The highest BCUT2D eigenvalue weighted by molar-refractivity contribution is 6.87. The van der Waals surface area contributed by atoms with Crippen LogP contribution in [0.5, 0.6) is 0 Å². The molecular weight excluding hydrogens is 278 g/mol. The number of hydrogen-bond acceptors (Lipinski definition) is 2. The average molecular weight is 303 g/mol. The Labute approximate surface area is 128 Å². The van der Waals surface area contributed by atoms with E-state index in [9.17, 15) is 9.90 Å². The third kappa shape index (κ3) is 2.17. The number of para-hydroxylation sites is 1. The number of rotatable bonds is 3. The summed E-state index contributed by atoms with van der Waals surface area (Å²) in [6.45, 7) is 14.6. The molecule has 1 aliphatic rings. The molecule has 2 rings (SSSR count).